The van der Waals surface area contributed by atoms with Crippen LogP contribution in [0.4, 0.5) is 0 Å². The van der Waals surface area contributed by atoms with Gasteiger partial charge in [0.25, 0.3) is 0 Å². The van der Waals surface area contributed by atoms with Gasteiger partial charge in [-0.2, -0.15) is 0 Å². The van der Waals surface area contributed by atoms with E-state index in [4.69, 9.17) is 5.11 Å². The summed E-state index contributed by atoms with van der Waals surface area (Å²) in [6.45, 7) is 2.18. The average molecular weight is 241 g/mol. The van der Waals surface area contributed by atoms with E-state index < -0.39 is 11.9 Å². The lowest BCUT2D eigenvalue weighted by molar-refractivity contribution is -0.150. The Bertz CT molecular complexity index is 361. The van der Waals surface area contributed by atoms with E-state index in [0.29, 0.717) is 13.0 Å². The Hall–Kier alpha value is -1.36. The molecule has 1 amide bonds. The number of hydrogen-bond acceptors (Lipinski definition) is 3. The maximum atomic E-state index is 11.8. The van der Waals surface area contributed by atoms with Crippen molar-refractivity contribution in [3.8, 4) is 0 Å². The first-order valence-electron chi connectivity index (χ1n) is 5.06. The summed E-state index contributed by atoms with van der Waals surface area (Å²) in [5, 5.41) is 10.8. The standard InChI is InChI=1S/C11H15NO3S/c1-3-9(11(14)15)10(13)12(2)7-8-5-4-6-16-8/h4-6,9H,3,7H2,1-2H3,(H,14,15). The van der Waals surface area contributed by atoms with Crippen LogP contribution in [0.25, 0.3) is 0 Å². The maximum Gasteiger partial charge on any atom is 0.316 e. The summed E-state index contributed by atoms with van der Waals surface area (Å²) in [6, 6.07) is 3.84. The Balaban J connectivity index is 2.62. The van der Waals surface area contributed by atoms with Crippen molar-refractivity contribution >= 4 is 23.2 Å². The normalized spacial score (nSPS) is 12.1. The van der Waals surface area contributed by atoms with E-state index in [2.05, 4.69) is 0 Å². The lowest BCUT2D eigenvalue weighted by Crippen LogP contribution is -2.36. The number of carboxylic acids is 1. The lowest BCUT2D eigenvalue weighted by Gasteiger charge is -2.19. The second kappa shape index (κ2) is 5.65. The van der Waals surface area contributed by atoms with Crippen molar-refractivity contribution in [1.82, 2.24) is 4.90 Å². The van der Waals surface area contributed by atoms with E-state index in [0.717, 1.165) is 4.88 Å². The molecule has 0 aromatic carbocycles. The largest absolute Gasteiger partial charge is 0.481 e. The zero-order valence-corrected chi connectivity index (χ0v) is 10.2. The van der Waals surface area contributed by atoms with Gasteiger partial charge in [-0.1, -0.05) is 13.0 Å². The number of carbonyl (C=O) groups is 2. The van der Waals surface area contributed by atoms with Gasteiger partial charge >= 0.3 is 5.97 Å². The Morgan fingerprint density at radius 3 is 2.69 bits per heavy atom. The molecule has 1 aromatic heterocycles. The van der Waals surface area contributed by atoms with Crippen LogP contribution in [0.3, 0.4) is 0 Å². The Kier molecular flexibility index (Phi) is 4.49. The second-order valence-electron chi connectivity index (χ2n) is 3.57. The lowest BCUT2D eigenvalue weighted by atomic mass is 10.1. The molecule has 0 radical (unpaired) electrons. The fraction of sp³-hybridized carbons (Fsp3) is 0.455. The molecule has 1 atom stereocenters. The van der Waals surface area contributed by atoms with Crippen LogP contribution in [-0.2, 0) is 16.1 Å². The Labute approximate surface area is 98.5 Å². The second-order valence-corrected chi connectivity index (χ2v) is 4.60. The minimum atomic E-state index is -1.05. The van der Waals surface area contributed by atoms with Crippen molar-refractivity contribution in [3.63, 3.8) is 0 Å². The van der Waals surface area contributed by atoms with Crippen LogP contribution >= 0.6 is 11.3 Å². The van der Waals surface area contributed by atoms with E-state index in [-0.39, 0.29) is 5.91 Å². The SMILES string of the molecule is CCC(C(=O)O)C(=O)N(C)Cc1cccs1. The first-order chi connectivity index (χ1) is 7.56. The highest BCUT2D eigenvalue weighted by Gasteiger charge is 2.27. The fourth-order valence-corrected chi connectivity index (χ4v) is 2.19. The number of rotatable bonds is 5. The van der Waals surface area contributed by atoms with Crippen LogP contribution in [-0.4, -0.2) is 28.9 Å². The predicted molar refractivity (Wildman–Crippen MR) is 62.2 cm³/mol. The molecule has 16 heavy (non-hydrogen) atoms. The molecule has 0 saturated carbocycles. The average Bonchev–Trinajstić information content (AvgIpc) is 2.70. The van der Waals surface area contributed by atoms with Crippen molar-refractivity contribution in [1.29, 1.82) is 0 Å². The van der Waals surface area contributed by atoms with Crippen LogP contribution in [0.1, 0.15) is 18.2 Å². The van der Waals surface area contributed by atoms with Crippen LogP contribution in [0, 0.1) is 5.92 Å². The zero-order valence-electron chi connectivity index (χ0n) is 9.34. The number of thiophene rings is 1. The summed E-state index contributed by atoms with van der Waals surface area (Å²) in [6.07, 6.45) is 0.322. The molecule has 1 unspecified atom stereocenters. The van der Waals surface area contributed by atoms with Gasteiger partial charge in [0.05, 0.1) is 6.54 Å². The van der Waals surface area contributed by atoms with Crippen LogP contribution in [0.15, 0.2) is 17.5 Å². The maximum absolute atomic E-state index is 11.8. The van der Waals surface area contributed by atoms with E-state index in [1.807, 2.05) is 17.5 Å². The van der Waals surface area contributed by atoms with Crippen LogP contribution in [0.2, 0.25) is 0 Å². The Morgan fingerprint density at radius 2 is 2.25 bits per heavy atom. The number of amides is 1. The molecule has 1 heterocycles. The molecule has 0 spiro atoms. The van der Waals surface area contributed by atoms with Gasteiger partial charge in [-0.05, 0) is 17.9 Å². The van der Waals surface area contributed by atoms with Gasteiger partial charge in [0.1, 0.15) is 5.92 Å². The topological polar surface area (TPSA) is 57.6 Å². The summed E-state index contributed by atoms with van der Waals surface area (Å²) < 4.78 is 0. The molecule has 0 fully saturated rings. The third kappa shape index (κ3) is 3.06. The third-order valence-corrected chi connectivity index (χ3v) is 3.21. The quantitative estimate of drug-likeness (QED) is 0.800. The van der Waals surface area contributed by atoms with E-state index in [1.54, 1.807) is 25.3 Å². The first-order valence-corrected chi connectivity index (χ1v) is 5.94. The molecule has 1 N–H and O–H groups in total. The third-order valence-electron chi connectivity index (χ3n) is 2.35. The van der Waals surface area contributed by atoms with Gasteiger partial charge in [-0.15, -0.1) is 11.3 Å². The van der Waals surface area contributed by atoms with Gasteiger partial charge in [0.15, 0.2) is 0 Å². The van der Waals surface area contributed by atoms with Crippen LogP contribution in [0.5, 0.6) is 0 Å². The van der Waals surface area contributed by atoms with E-state index in [1.165, 1.54) is 4.90 Å². The molecular formula is C11H15NO3S. The molecule has 0 aliphatic heterocycles. The fourth-order valence-electron chi connectivity index (χ4n) is 1.44. The summed E-state index contributed by atoms with van der Waals surface area (Å²) >= 11 is 1.56. The van der Waals surface area contributed by atoms with Gasteiger partial charge in [0, 0.05) is 11.9 Å². The number of nitrogens with zero attached hydrogens (tertiary/aromatic N) is 1. The zero-order chi connectivity index (χ0) is 12.1. The minimum Gasteiger partial charge on any atom is -0.481 e. The molecule has 1 rings (SSSR count). The summed E-state index contributed by atoms with van der Waals surface area (Å²) in [4.78, 5) is 25.1. The molecule has 4 nitrogen and oxygen atoms in total. The molecule has 0 aliphatic rings. The van der Waals surface area contributed by atoms with Gasteiger partial charge < -0.3 is 10.0 Å². The van der Waals surface area contributed by atoms with Crippen molar-refractivity contribution in [2.24, 2.45) is 5.92 Å². The highest BCUT2D eigenvalue weighted by molar-refractivity contribution is 7.09. The van der Waals surface area contributed by atoms with E-state index >= 15 is 0 Å². The monoisotopic (exact) mass is 241 g/mol. The highest BCUT2D eigenvalue weighted by Crippen LogP contribution is 2.14. The van der Waals surface area contributed by atoms with Crippen molar-refractivity contribution < 1.29 is 14.7 Å². The molecule has 5 heteroatoms. The number of carbonyl (C=O) groups excluding carboxylic acids is 1. The van der Waals surface area contributed by atoms with Crippen molar-refractivity contribution in [2.75, 3.05) is 7.05 Å². The number of aliphatic carboxylic acids is 1. The smallest absolute Gasteiger partial charge is 0.316 e. The highest BCUT2D eigenvalue weighted by atomic mass is 32.1. The van der Waals surface area contributed by atoms with Crippen molar-refractivity contribution in [3.05, 3.63) is 22.4 Å². The molecule has 0 saturated heterocycles. The summed E-state index contributed by atoms with van der Waals surface area (Å²) in [5.41, 5.74) is 0. The molecule has 88 valence electrons. The predicted octanol–water partition coefficient (Wildman–Crippen LogP) is 1.82. The first kappa shape index (κ1) is 12.7. The molecule has 0 aliphatic carbocycles. The summed E-state index contributed by atoms with van der Waals surface area (Å²) in [7, 11) is 1.63. The van der Waals surface area contributed by atoms with E-state index in [9.17, 15) is 9.59 Å². The van der Waals surface area contributed by atoms with Gasteiger partial charge in [-0.25, -0.2) is 0 Å². The Morgan fingerprint density at radius 1 is 1.56 bits per heavy atom. The molecular weight excluding hydrogens is 226 g/mol. The van der Waals surface area contributed by atoms with Crippen LogP contribution < -0.4 is 0 Å². The van der Waals surface area contributed by atoms with Crippen molar-refractivity contribution in [2.45, 2.75) is 19.9 Å². The number of carboxylic acid groups (broad SMARTS) is 1. The summed E-state index contributed by atoms with van der Waals surface area (Å²) in [5.74, 6) is -2.31. The molecule has 0 bridgehead atoms. The minimum absolute atomic E-state index is 0.322. The molecule has 1 aromatic rings. The van der Waals surface area contributed by atoms with Gasteiger partial charge in [0.2, 0.25) is 5.91 Å². The van der Waals surface area contributed by atoms with Gasteiger partial charge in [-0.3, -0.25) is 9.59 Å². The number of hydrogen-bond donors (Lipinski definition) is 1.